The van der Waals surface area contributed by atoms with Gasteiger partial charge < -0.3 is 19.4 Å². The van der Waals surface area contributed by atoms with Crippen LogP contribution in [0.25, 0.3) is 0 Å². The van der Waals surface area contributed by atoms with E-state index in [9.17, 15) is 9.59 Å². The molecule has 1 N–H and O–H groups in total. The minimum absolute atomic E-state index is 0.00720. The van der Waals surface area contributed by atoms with Crippen molar-refractivity contribution in [2.24, 2.45) is 0 Å². The predicted molar refractivity (Wildman–Crippen MR) is 109 cm³/mol. The molecule has 0 aliphatic heterocycles. The summed E-state index contributed by atoms with van der Waals surface area (Å²) in [6.07, 6.45) is 3.50. The van der Waals surface area contributed by atoms with Crippen LogP contribution < -0.4 is 10.1 Å². The van der Waals surface area contributed by atoms with Crippen molar-refractivity contribution in [2.75, 3.05) is 12.4 Å². The number of carbonyl (C=O) groups is 2. The number of amides is 2. The Kier molecular flexibility index (Phi) is 5.33. The van der Waals surface area contributed by atoms with Gasteiger partial charge in [-0.2, -0.15) is 0 Å². The quantitative estimate of drug-likeness (QED) is 0.651. The van der Waals surface area contributed by atoms with Gasteiger partial charge in [-0.25, -0.2) is 0 Å². The number of hydrogen-bond donors (Lipinski definition) is 1. The molecule has 0 bridgehead atoms. The van der Waals surface area contributed by atoms with E-state index in [0.29, 0.717) is 17.8 Å². The number of carbonyl (C=O) groups excluding carboxylic acids is 2. The van der Waals surface area contributed by atoms with Crippen molar-refractivity contribution in [1.82, 2.24) is 4.90 Å². The monoisotopic (exact) mass is 390 g/mol. The average Bonchev–Trinajstić information content (AvgIpc) is 3.44. The molecule has 6 heteroatoms. The van der Waals surface area contributed by atoms with Gasteiger partial charge in [0, 0.05) is 23.8 Å². The molecule has 1 aliphatic carbocycles. The SMILES string of the molecule is COc1ccc(CN(C(=O)c2ccc(NC(=O)c3ccco3)cc2)C2CC2)cc1. The summed E-state index contributed by atoms with van der Waals surface area (Å²) in [4.78, 5) is 27.0. The molecule has 0 radical (unpaired) electrons. The maximum Gasteiger partial charge on any atom is 0.291 e. The van der Waals surface area contributed by atoms with Crippen LogP contribution in [0.2, 0.25) is 0 Å². The zero-order valence-electron chi connectivity index (χ0n) is 16.1. The van der Waals surface area contributed by atoms with E-state index in [0.717, 1.165) is 24.2 Å². The van der Waals surface area contributed by atoms with Gasteiger partial charge in [0.15, 0.2) is 5.76 Å². The normalized spacial score (nSPS) is 13.0. The molecule has 0 atom stereocenters. The van der Waals surface area contributed by atoms with Crippen molar-refractivity contribution in [1.29, 1.82) is 0 Å². The van der Waals surface area contributed by atoms with E-state index in [2.05, 4.69) is 5.32 Å². The van der Waals surface area contributed by atoms with Gasteiger partial charge in [0.1, 0.15) is 5.75 Å². The maximum absolute atomic E-state index is 13.1. The zero-order valence-corrected chi connectivity index (χ0v) is 16.1. The van der Waals surface area contributed by atoms with Crippen molar-refractivity contribution in [3.05, 3.63) is 83.8 Å². The van der Waals surface area contributed by atoms with Crippen LogP contribution in [0, 0.1) is 0 Å². The van der Waals surface area contributed by atoms with Crippen molar-refractivity contribution < 1.29 is 18.7 Å². The van der Waals surface area contributed by atoms with Crippen molar-refractivity contribution >= 4 is 17.5 Å². The Morgan fingerprint density at radius 2 is 1.79 bits per heavy atom. The summed E-state index contributed by atoms with van der Waals surface area (Å²) in [5.74, 6) is 0.704. The molecule has 1 saturated carbocycles. The second-order valence-corrected chi connectivity index (χ2v) is 7.02. The van der Waals surface area contributed by atoms with Gasteiger partial charge in [0.05, 0.1) is 13.4 Å². The number of nitrogens with zero attached hydrogens (tertiary/aromatic N) is 1. The Hall–Kier alpha value is -3.54. The van der Waals surface area contributed by atoms with E-state index in [-0.39, 0.29) is 23.6 Å². The fourth-order valence-electron chi connectivity index (χ4n) is 3.14. The van der Waals surface area contributed by atoms with Gasteiger partial charge in [-0.05, 0) is 66.9 Å². The van der Waals surface area contributed by atoms with Gasteiger partial charge in [-0.1, -0.05) is 12.1 Å². The van der Waals surface area contributed by atoms with E-state index in [1.54, 1.807) is 43.5 Å². The first kappa shape index (κ1) is 18.8. The highest BCUT2D eigenvalue weighted by atomic mass is 16.5. The predicted octanol–water partition coefficient (Wildman–Crippen LogP) is 4.35. The molecular formula is C23H22N2O4. The average molecular weight is 390 g/mol. The van der Waals surface area contributed by atoms with Crippen LogP contribution in [0.15, 0.2) is 71.3 Å². The molecule has 3 aromatic rings. The number of rotatable bonds is 7. The summed E-state index contributed by atoms with van der Waals surface area (Å²) >= 11 is 0. The molecule has 2 amide bonds. The van der Waals surface area contributed by atoms with E-state index in [4.69, 9.17) is 9.15 Å². The van der Waals surface area contributed by atoms with E-state index >= 15 is 0 Å². The Labute approximate surface area is 169 Å². The highest BCUT2D eigenvalue weighted by Crippen LogP contribution is 2.30. The summed E-state index contributed by atoms with van der Waals surface area (Å²) in [7, 11) is 1.63. The summed E-state index contributed by atoms with van der Waals surface area (Å²) < 4.78 is 10.3. The van der Waals surface area contributed by atoms with Crippen LogP contribution in [0.5, 0.6) is 5.75 Å². The Morgan fingerprint density at radius 3 is 2.38 bits per heavy atom. The first-order chi connectivity index (χ1) is 14.1. The van der Waals surface area contributed by atoms with Gasteiger partial charge in [0.25, 0.3) is 11.8 Å². The highest BCUT2D eigenvalue weighted by molar-refractivity contribution is 6.02. The van der Waals surface area contributed by atoms with Crippen molar-refractivity contribution in [3.63, 3.8) is 0 Å². The lowest BCUT2D eigenvalue weighted by Gasteiger charge is -2.23. The molecule has 4 rings (SSSR count). The van der Waals surface area contributed by atoms with Gasteiger partial charge in [-0.3, -0.25) is 9.59 Å². The lowest BCUT2D eigenvalue weighted by Crippen LogP contribution is -2.32. The number of anilines is 1. The number of hydrogen-bond acceptors (Lipinski definition) is 4. The number of furan rings is 1. The smallest absolute Gasteiger partial charge is 0.291 e. The summed E-state index contributed by atoms with van der Waals surface area (Å²) in [6.45, 7) is 0.560. The van der Waals surface area contributed by atoms with Crippen LogP contribution in [-0.2, 0) is 6.54 Å². The molecule has 1 aliphatic rings. The lowest BCUT2D eigenvalue weighted by atomic mass is 10.1. The molecule has 0 unspecified atom stereocenters. The summed E-state index contributed by atoms with van der Waals surface area (Å²) in [6, 6.07) is 18.2. The van der Waals surface area contributed by atoms with Crippen molar-refractivity contribution in [2.45, 2.75) is 25.4 Å². The minimum atomic E-state index is -0.326. The number of ether oxygens (including phenoxy) is 1. The van der Waals surface area contributed by atoms with E-state index < -0.39 is 0 Å². The largest absolute Gasteiger partial charge is 0.497 e. The molecule has 2 aromatic carbocycles. The standard InChI is InChI=1S/C23H22N2O4/c1-28-20-12-4-16(5-13-20)15-25(19-10-11-19)23(27)17-6-8-18(9-7-17)24-22(26)21-3-2-14-29-21/h2-9,12-14,19H,10-11,15H2,1H3,(H,24,26). The molecule has 1 aromatic heterocycles. The van der Waals surface area contributed by atoms with Crippen LogP contribution >= 0.6 is 0 Å². The zero-order chi connectivity index (χ0) is 20.2. The second kappa shape index (κ2) is 8.22. The van der Waals surface area contributed by atoms with Crippen LogP contribution in [0.4, 0.5) is 5.69 Å². The Bertz CT molecular complexity index is 975. The Balaban J connectivity index is 1.44. The van der Waals surface area contributed by atoms with Crippen LogP contribution in [-0.4, -0.2) is 29.9 Å². The Morgan fingerprint density at radius 1 is 1.07 bits per heavy atom. The van der Waals surface area contributed by atoms with Crippen LogP contribution in [0.3, 0.4) is 0 Å². The third kappa shape index (κ3) is 4.48. The molecule has 1 fully saturated rings. The van der Waals surface area contributed by atoms with Crippen molar-refractivity contribution in [3.8, 4) is 5.75 Å². The fourth-order valence-corrected chi connectivity index (χ4v) is 3.14. The molecule has 1 heterocycles. The maximum atomic E-state index is 13.1. The van der Waals surface area contributed by atoms with Gasteiger partial charge in [0.2, 0.25) is 0 Å². The second-order valence-electron chi connectivity index (χ2n) is 7.02. The lowest BCUT2D eigenvalue weighted by molar-refractivity contribution is 0.0730. The van der Waals surface area contributed by atoms with E-state index in [1.807, 2.05) is 29.2 Å². The molecule has 0 spiro atoms. The van der Waals surface area contributed by atoms with Gasteiger partial charge in [-0.15, -0.1) is 0 Å². The third-order valence-electron chi connectivity index (χ3n) is 4.90. The van der Waals surface area contributed by atoms with Crippen LogP contribution in [0.1, 0.15) is 39.3 Å². The molecular weight excluding hydrogens is 368 g/mol. The molecule has 0 saturated heterocycles. The number of methoxy groups -OCH3 is 1. The number of benzene rings is 2. The molecule has 29 heavy (non-hydrogen) atoms. The highest BCUT2D eigenvalue weighted by Gasteiger charge is 2.33. The minimum Gasteiger partial charge on any atom is -0.497 e. The summed E-state index contributed by atoms with van der Waals surface area (Å²) in [5, 5.41) is 2.76. The topological polar surface area (TPSA) is 71.8 Å². The molecule has 6 nitrogen and oxygen atoms in total. The van der Waals surface area contributed by atoms with E-state index in [1.165, 1.54) is 6.26 Å². The number of nitrogens with one attached hydrogen (secondary N) is 1. The first-order valence-electron chi connectivity index (χ1n) is 9.53. The first-order valence-corrected chi connectivity index (χ1v) is 9.53. The fraction of sp³-hybridized carbons (Fsp3) is 0.217. The molecule has 148 valence electrons. The van der Waals surface area contributed by atoms with Gasteiger partial charge >= 0.3 is 0 Å². The third-order valence-corrected chi connectivity index (χ3v) is 4.90. The summed E-state index contributed by atoms with van der Waals surface area (Å²) in [5.41, 5.74) is 2.27.